The van der Waals surface area contributed by atoms with Crippen LogP contribution in [-0.2, 0) is 5.75 Å². The molecule has 1 fully saturated rings. The van der Waals surface area contributed by atoms with Gasteiger partial charge >= 0.3 is 0 Å². The fourth-order valence-electron chi connectivity index (χ4n) is 2.34. The van der Waals surface area contributed by atoms with Crippen LogP contribution in [0.3, 0.4) is 0 Å². The monoisotopic (exact) mass is 312 g/mol. The summed E-state index contributed by atoms with van der Waals surface area (Å²) in [5.41, 5.74) is 1.97. The molecule has 4 rings (SSSR count). The molecule has 0 amide bonds. The molecule has 1 aliphatic rings. The summed E-state index contributed by atoms with van der Waals surface area (Å²) < 4.78 is 7.96. The molecule has 0 aliphatic heterocycles. The van der Waals surface area contributed by atoms with Crippen molar-refractivity contribution in [2.24, 2.45) is 0 Å². The largest absolute Gasteiger partial charge is 0.441 e. The van der Waals surface area contributed by atoms with E-state index in [9.17, 15) is 0 Å². The number of hydrogen-bond donors (Lipinski definition) is 0. The highest BCUT2D eigenvalue weighted by Gasteiger charge is 2.26. The molecule has 0 bridgehead atoms. The van der Waals surface area contributed by atoms with Crippen LogP contribution in [0, 0.1) is 6.92 Å². The first-order valence-corrected chi connectivity index (χ1v) is 8.34. The standard InChI is InChI=1S/C16H16N4OS/c1-11-14(18-15(21-11)12-5-3-2-4-6-12)9-22-16-19-17-10-20(16)13-7-8-13/h2-6,10,13H,7-9H2,1H3. The molecule has 3 aromatic rings. The van der Waals surface area contributed by atoms with Gasteiger partial charge < -0.3 is 8.98 Å². The van der Waals surface area contributed by atoms with Gasteiger partial charge in [0, 0.05) is 17.4 Å². The molecule has 2 heterocycles. The first kappa shape index (κ1) is 13.6. The first-order valence-electron chi connectivity index (χ1n) is 7.35. The van der Waals surface area contributed by atoms with Crippen molar-refractivity contribution in [1.82, 2.24) is 19.7 Å². The molecule has 1 aliphatic carbocycles. The van der Waals surface area contributed by atoms with Crippen LogP contribution in [0.1, 0.15) is 30.3 Å². The van der Waals surface area contributed by atoms with Crippen molar-refractivity contribution in [1.29, 1.82) is 0 Å². The number of oxazole rings is 1. The van der Waals surface area contributed by atoms with Crippen LogP contribution in [0.15, 0.2) is 46.2 Å². The number of thioether (sulfide) groups is 1. The molecule has 0 radical (unpaired) electrons. The summed E-state index contributed by atoms with van der Waals surface area (Å²) in [7, 11) is 0. The van der Waals surface area contributed by atoms with Gasteiger partial charge in [0.15, 0.2) is 5.16 Å². The van der Waals surface area contributed by atoms with Crippen LogP contribution in [0.25, 0.3) is 11.5 Å². The van der Waals surface area contributed by atoms with E-state index in [4.69, 9.17) is 4.42 Å². The molecular formula is C16H16N4OS. The van der Waals surface area contributed by atoms with E-state index in [2.05, 4.69) is 19.7 Å². The molecule has 6 heteroatoms. The van der Waals surface area contributed by atoms with E-state index in [-0.39, 0.29) is 0 Å². The Bertz CT molecular complexity index is 777. The van der Waals surface area contributed by atoms with Gasteiger partial charge in [-0.25, -0.2) is 4.98 Å². The predicted octanol–water partition coefficient (Wildman–Crippen LogP) is 3.87. The quantitative estimate of drug-likeness (QED) is 0.669. The second kappa shape index (κ2) is 5.61. The van der Waals surface area contributed by atoms with Crippen LogP contribution < -0.4 is 0 Å². The second-order valence-electron chi connectivity index (χ2n) is 5.43. The van der Waals surface area contributed by atoms with Gasteiger partial charge in [-0.15, -0.1) is 10.2 Å². The van der Waals surface area contributed by atoms with Crippen molar-refractivity contribution >= 4 is 11.8 Å². The van der Waals surface area contributed by atoms with Crippen molar-refractivity contribution in [3.63, 3.8) is 0 Å². The van der Waals surface area contributed by atoms with Gasteiger partial charge in [0.1, 0.15) is 12.1 Å². The minimum Gasteiger partial charge on any atom is -0.441 e. The van der Waals surface area contributed by atoms with Gasteiger partial charge in [-0.3, -0.25) is 0 Å². The van der Waals surface area contributed by atoms with Gasteiger partial charge in [-0.05, 0) is 31.9 Å². The van der Waals surface area contributed by atoms with Gasteiger partial charge in [-0.2, -0.15) is 0 Å². The maximum Gasteiger partial charge on any atom is 0.226 e. The molecule has 0 atom stereocenters. The summed E-state index contributed by atoms with van der Waals surface area (Å²) in [6, 6.07) is 10.6. The third-order valence-corrected chi connectivity index (χ3v) is 4.70. The molecule has 1 aromatic carbocycles. The minimum atomic E-state index is 0.593. The van der Waals surface area contributed by atoms with E-state index >= 15 is 0 Å². The topological polar surface area (TPSA) is 56.7 Å². The smallest absolute Gasteiger partial charge is 0.226 e. The highest BCUT2D eigenvalue weighted by molar-refractivity contribution is 7.98. The zero-order valence-corrected chi connectivity index (χ0v) is 13.1. The molecule has 0 spiro atoms. The average molecular weight is 312 g/mol. The third-order valence-electron chi connectivity index (χ3n) is 3.73. The maximum absolute atomic E-state index is 5.79. The van der Waals surface area contributed by atoms with E-state index in [1.165, 1.54) is 12.8 Å². The Balaban J connectivity index is 1.51. The number of aryl methyl sites for hydroxylation is 1. The minimum absolute atomic E-state index is 0.593. The first-order chi connectivity index (χ1) is 10.8. The van der Waals surface area contributed by atoms with Crippen molar-refractivity contribution in [3.8, 4) is 11.5 Å². The Morgan fingerprint density at radius 1 is 1.27 bits per heavy atom. The molecule has 112 valence electrons. The maximum atomic E-state index is 5.79. The van der Waals surface area contributed by atoms with Crippen LogP contribution in [0.5, 0.6) is 0 Å². The summed E-state index contributed by atoms with van der Waals surface area (Å²) >= 11 is 1.66. The number of benzene rings is 1. The lowest BCUT2D eigenvalue weighted by molar-refractivity contribution is 0.540. The Morgan fingerprint density at radius 2 is 2.09 bits per heavy atom. The third kappa shape index (κ3) is 2.66. The number of aromatic nitrogens is 4. The molecule has 0 unspecified atom stereocenters. The zero-order valence-electron chi connectivity index (χ0n) is 12.3. The second-order valence-corrected chi connectivity index (χ2v) is 6.37. The van der Waals surface area contributed by atoms with Gasteiger partial charge in [0.2, 0.25) is 5.89 Å². The van der Waals surface area contributed by atoms with Gasteiger partial charge in [-0.1, -0.05) is 30.0 Å². The number of hydrogen-bond acceptors (Lipinski definition) is 5. The lowest BCUT2D eigenvalue weighted by atomic mass is 10.2. The Kier molecular flexibility index (Phi) is 3.46. The normalized spacial score (nSPS) is 14.4. The lowest BCUT2D eigenvalue weighted by Crippen LogP contribution is -1.95. The molecule has 0 N–H and O–H groups in total. The van der Waals surface area contributed by atoms with E-state index in [1.54, 1.807) is 11.8 Å². The number of rotatable bonds is 5. The molecule has 22 heavy (non-hydrogen) atoms. The van der Waals surface area contributed by atoms with E-state index in [0.717, 1.165) is 27.9 Å². The summed E-state index contributed by atoms with van der Waals surface area (Å²) in [6.07, 6.45) is 4.28. The Labute approximate surface area is 132 Å². The van der Waals surface area contributed by atoms with Crippen LogP contribution in [0.4, 0.5) is 0 Å². The summed E-state index contributed by atoms with van der Waals surface area (Å²) in [4.78, 5) is 4.62. The van der Waals surface area contributed by atoms with Crippen LogP contribution >= 0.6 is 11.8 Å². The summed E-state index contributed by atoms with van der Waals surface area (Å²) in [6.45, 7) is 1.96. The van der Waals surface area contributed by atoms with Crippen molar-refractivity contribution in [3.05, 3.63) is 48.1 Å². The van der Waals surface area contributed by atoms with Crippen molar-refractivity contribution < 1.29 is 4.42 Å². The lowest BCUT2D eigenvalue weighted by Gasteiger charge is -2.02. The fourth-order valence-corrected chi connectivity index (χ4v) is 3.32. The van der Waals surface area contributed by atoms with E-state index in [0.29, 0.717) is 11.9 Å². The van der Waals surface area contributed by atoms with Gasteiger partial charge in [0.05, 0.1) is 5.69 Å². The predicted molar refractivity (Wildman–Crippen MR) is 84.5 cm³/mol. The summed E-state index contributed by atoms with van der Waals surface area (Å²) in [5, 5.41) is 9.19. The van der Waals surface area contributed by atoms with E-state index in [1.807, 2.05) is 43.6 Å². The van der Waals surface area contributed by atoms with E-state index < -0.39 is 0 Å². The average Bonchev–Trinajstić information content (AvgIpc) is 3.17. The molecule has 0 saturated heterocycles. The fraction of sp³-hybridized carbons (Fsp3) is 0.312. The molecule has 2 aromatic heterocycles. The Hall–Kier alpha value is -2.08. The van der Waals surface area contributed by atoms with Crippen LogP contribution in [-0.4, -0.2) is 19.7 Å². The molecular weight excluding hydrogens is 296 g/mol. The van der Waals surface area contributed by atoms with Crippen molar-refractivity contribution in [2.75, 3.05) is 0 Å². The summed E-state index contributed by atoms with van der Waals surface area (Å²) in [5.74, 6) is 2.29. The highest BCUT2D eigenvalue weighted by atomic mass is 32.2. The molecule has 5 nitrogen and oxygen atoms in total. The highest BCUT2D eigenvalue weighted by Crippen LogP contribution is 2.38. The molecule has 1 saturated carbocycles. The SMILES string of the molecule is Cc1oc(-c2ccccc2)nc1CSc1nncn1C1CC1. The van der Waals surface area contributed by atoms with Crippen molar-refractivity contribution in [2.45, 2.75) is 36.7 Å². The van der Waals surface area contributed by atoms with Crippen LogP contribution in [0.2, 0.25) is 0 Å². The number of nitrogens with zero attached hydrogens (tertiary/aromatic N) is 4. The zero-order chi connectivity index (χ0) is 14.9. The van der Waals surface area contributed by atoms with Gasteiger partial charge in [0.25, 0.3) is 0 Å². The Morgan fingerprint density at radius 3 is 2.86 bits per heavy atom.